The molecule has 9 heavy (non-hydrogen) atoms. The van der Waals surface area contributed by atoms with E-state index in [2.05, 4.69) is 0 Å². The molecule has 0 rings (SSSR count). The maximum absolute atomic E-state index is 10.6. The molecule has 0 bridgehead atoms. The van der Waals surface area contributed by atoms with Crippen molar-refractivity contribution in [1.29, 1.82) is 0 Å². The van der Waals surface area contributed by atoms with Crippen LogP contribution in [0.1, 0.15) is 6.92 Å². The van der Waals surface area contributed by atoms with E-state index in [1.807, 2.05) is 0 Å². The van der Waals surface area contributed by atoms with Crippen LogP contribution in [0, 0.1) is 0 Å². The average molecular weight is 210 g/mol. The van der Waals surface area contributed by atoms with Gasteiger partial charge in [0.1, 0.15) is 0 Å². The van der Waals surface area contributed by atoms with E-state index in [0.29, 0.717) is 0 Å². The molecule has 0 aliphatic heterocycles. The number of rotatable bonds is 2. The van der Waals surface area contributed by atoms with Crippen molar-refractivity contribution in [2.75, 3.05) is 0 Å². The molecule has 0 saturated heterocycles. The standard InChI is InChI=1S/C4H4Cl4O/c1-4(7,8)2(9)3(5)6/h3H,1H3. The fourth-order valence-corrected chi connectivity index (χ4v) is 1.07. The zero-order valence-electron chi connectivity index (χ0n) is 4.50. The van der Waals surface area contributed by atoms with Gasteiger partial charge in [-0.3, -0.25) is 4.79 Å². The minimum atomic E-state index is -1.48. The van der Waals surface area contributed by atoms with Crippen LogP contribution in [0.5, 0.6) is 0 Å². The van der Waals surface area contributed by atoms with E-state index < -0.39 is 15.0 Å². The smallest absolute Gasteiger partial charge is 0.201 e. The minimum absolute atomic E-state index is 0.603. The van der Waals surface area contributed by atoms with Crippen molar-refractivity contribution >= 4 is 52.2 Å². The molecule has 0 N–H and O–H groups in total. The maximum Gasteiger partial charge on any atom is 0.201 e. The van der Waals surface area contributed by atoms with Gasteiger partial charge in [0, 0.05) is 0 Å². The molecule has 0 aromatic rings. The largest absolute Gasteiger partial charge is 0.293 e. The first-order chi connectivity index (χ1) is 3.85. The molecule has 0 amide bonds. The Morgan fingerprint density at radius 3 is 1.78 bits per heavy atom. The van der Waals surface area contributed by atoms with Gasteiger partial charge < -0.3 is 0 Å². The summed E-state index contributed by atoms with van der Waals surface area (Å²) >= 11 is 21.0. The highest BCUT2D eigenvalue weighted by molar-refractivity contribution is 6.65. The van der Waals surface area contributed by atoms with Crippen molar-refractivity contribution in [3.05, 3.63) is 0 Å². The topological polar surface area (TPSA) is 17.1 Å². The van der Waals surface area contributed by atoms with E-state index in [9.17, 15) is 4.79 Å². The number of carbonyl (C=O) groups excluding carboxylic acids is 1. The number of carbonyl (C=O) groups is 1. The van der Waals surface area contributed by atoms with Gasteiger partial charge in [-0.2, -0.15) is 0 Å². The Bertz CT molecular complexity index is 114. The van der Waals surface area contributed by atoms with Crippen LogP contribution in [-0.2, 0) is 4.79 Å². The molecule has 0 saturated carbocycles. The first-order valence-electron chi connectivity index (χ1n) is 2.06. The summed E-state index contributed by atoms with van der Waals surface area (Å²) in [5.41, 5.74) is 0. The normalized spacial score (nSPS) is 12.2. The van der Waals surface area contributed by atoms with Crippen molar-refractivity contribution in [2.45, 2.75) is 16.1 Å². The van der Waals surface area contributed by atoms with E-state index in [-0.39, 0.29) is 0 Å². The lowest BCUT2D eigenvalue weighted by Gasteiger charge is -2.10. The predicted octanol–water partition coefficient (Wildman–Crippen LogP) is 2.55. The quantitative estimate of drug-likeness (QED) is 0.640. The Morgan fingerprint density at radius 2 is 1.78 bits per heavy atom. The van der Waals surface area contributed by atoms with Gasteiger partial charge in [-0.15, -0.1) is 0 Å². The number of alkyl halides is 4. The van der Waals surface area contributed by atoms with E-state index in [4.69, 9.17) is 46.4 Å². The Balaban J connectivity index is 4.06. The van der Waals surface area contributed by atoms with Gasteiger partial charge in [-0.05, 0) is 6.92 Å². The number of hydrogen-bond donors (Lipinski definition) is 0. The lowest BCUT2D eigenvalue weighted by Crippen LogP contribution is -2.27. The third kappa shape index (κ3) is 3.51. The lowest BCUT2D eigenvalue weighted by molar-refractivity contribution is -0.117. The first kappa shape index (κ1) is 9.83. The molecule has 0 spiro atoms. The van der Waals surface area contributed by atoms with Crippen LogP contribution in [0.4, 0.5) is 0 Å². The lowest BCUT2D eigenvalue weighted by atomic mass is 10.3. The van der Waals surface area contributed by atoms with Gasteiger partial charge in [-0.1, -0.05) is 46.4 Å². The zero-order chi connectivity index (χ0) is 7.65. The Hall–Kier alpha value is 0.830. The van der Waals surface area contributed by atoms with Crippen molar-refractivity contribution in [3.8, 4) is 0 Å². The molecule has 0 unspecified atom stereocenters. The highest BCUT2D eigenvalue weighted by Crippen LogP contribution is 2.25. The molecule has 0 fully saturated rings. The fourth-order valence-electron chi connectivity index (χ4n) is 0.192. The summed E-state index contributed by atoms with van der Waals surface area (Å²) in [6, 6.07) is 0. The van der Waals surface area contributed by atoms with Gasteiger partial charge in [0.15, 0.2) is 9.17 Å². The van der Waals surface area contributed by atoms with Crippen LogP contribution in [0.25, 0.3) is 0 Å². The summed E-state index contributed by atoms with van der Waals surface area (Å²) in [5, 5.41) is 0. The molecule has 0 aromatic heterocycles. The second-order valence-electron chi connectivity index (χ2n) is 1.55. The molecule has 0 aromatic carbocycles. The van der Waals surface area contributed by atoms with Crippen LogP contribution in [0.3, 0.4) is 0 Å². The van der Waals surface area contributed by atoms with E-state index >= 15 is 0 Å². The average Bonchev–Trinajstić information content (AvgIpc) is 1.62. The summed E-state index contributed by atoms with van der Waals surface area (Å²) in [5.74, 6) is -0.603. The third-order valence-corrected chi connectivity index (χ3v) is 1.40. The van der Waals surface area contributed by atoms with Crippen LogP contribution in [0.2, 0.25) is 0 Å². The van der Waals surface area contributed by atoms with Gasteiger partial charge in [0.05, 0.1) is 0 Å². The Kier molecular flexibility index (Phi) is 3.59. The highest BCUT2D eigenvalue weighted by Gasteiger charge is 2.31. The third-order valence-electron chi connectivity index (χ3n) is 0.631. The molecule has 0 heterocycles. The number of hydrogen-bond acceptors (Lipinski definition) is 1. The summed E-state index contributed by atoms with van der Waals surface area (Å²) in [7, 11) is 0. The van der Waals surface area contributed by atoms with Crippen LogP contribution in [0.15, 0.2) is 0 Å². The summed E-state index contributed by atoms with van der Waals surface area (Å²) in [4.78, 5) is 9.49. The second kappa shape index (κ2) is 3.29. The summed E-state index contributed by atoms with van der Waals surface area (Å²) in [6.07, 6.45) is 0. The summed E-state index contributed by atoms with van der Waals surface area (Å²) in [6.45, 7) is 1.32. The molecule has 0 aliphatic rings. The Labute approximate surface area is 73.2 Å². The maximum atomic E-state index is 10.6. The van der Waals surface area contributed by atoms with Crippen LogP contribution < -0.4 is 0 Å². The molecule has 0 atom stereocenters. The van der Waals surface area contributed by atoms with Crippen molar-refractivity contribution in [3.63, 3.8) is 0 Å². The van der Waals surface area contributed by atoms with E-state index in [1.165, 1.54) is 6.92 Å². The van der Waals surface area contributed by atoms with E-state index in [0.717, 1.165) is 0 Å². The van der Waals surface area contributed by atoms with Gasteiger partial charge in [0.2, 0.25) is 5.78 Å². The zero-order valence-corrected chi connectivity index (χ0v) is 7.52. The number of Topliss-reactive ketones (excluding diaryl/α,β-unsaturated/α-hetero) is 1. The Morgan fingerprint density at radius 1 is 1.44 bits per heavy atom. The highest BCUT2D eigenvalue weighted by atomic mass is 35.5. The van der Waals surface area contributed by atoms with Crippen LogP contribution in [-0.4, -0.2) is 15.0 Å². The molecule has 5 heteroatoms. The molecule has 54 valence electrons. The van der Waals surface area contributed by atoms with Gasteiger partial charge in [0.25, 0.3) is 0 Å². The monoisotopic (exact) mass is 208 g/mol. The predicted molar refractivity (Wildman–Crippen MR) is 40.6 cm³/mol. The molecule has 0 radical (unpaired) electrons. The minimum Gasteiger partial charge on any atom is -0.293 e. The second-order valence-corrected chi connectivity index (χ2v) is 4.35. The fraction of sp³-hybridized carbons (Fsp3) is 0.750. The SMILES string of the molecule is CC(Cl)(Cl)C(=O)C(Cl)Cl. The number of halogens is 4. The van der Waals surface area contributed by atoms with Crippen molar-refractivity contribution in [1.82, 2.24) is 0 Å². The summed E-state index contributed by atoms with van der Waals surface area (Å²) < 4.78 is -1.48. The van der Waals surface area contributed by atoms with Crippen LogP contribution >= 0.6 is 46.4 Å². The van der Waals surface area contributed by atoms with Crippen molar-refractivity contribution in [2.24, 2.45) is 0 Å². The molecule has 1 nitrogen and oxygen atoms in total. The number of ketones is 1. The van der Waals surface area contributed by atoms with Gasteiger partial charge in [-0.25, -0.2) is 0 Å². The molecular formula is C4H4Cl4O. The van der Waals surface area contributed by atoms with E-state index in [1.54, 1.807) is 0 Å². The molecular weight excluding hydrogens is 206 g/mol. The van der Waals surface area contributed by atoms with Crippen molar-refractivity contribution < 1.29 is 4.79 Å². The molecule has 0 aliphatic carbocycles. The first-order valence-corrected chi connectivity index (χ1v) is 3.69. The van der Waals surface area contributed by atoms with Gasteiger partial charge >= 0.3 is 0 Å².